The van der Waals surface area contributed by atoms with E-state index >= 15 is 0 Å². The zero-order chi connectivity index (χ0) is 15.0. The Morgan fingerprint density at radius 2 is 1.76 bits per heavy atom. The first-order valence-corrected chi connectivity index (χ1v) is 7.24. The Morgan fingerprint density at radius 1 is 1.05 bits per heavy atom. The largest absolute Gasteiger partial charge is 0.457 e. The molecule has 2 nitrogen and oxygen atoms in total. The first kappa shape index (κ1) is 14.2. The van der Waals surface area contributed by atoms with Gasteiger partial charge in [0, 0.05) is 16.2 Å². The summed E-state index contributed by atoms with van der Waals surface area (Å²) >= 11 is 12.1. The van der Waals surface area contributed by atoms with Crippen LogP contribution >= 0.6 is 23.2 Å². The van der Waals surface area contributed by atoms with Gasteiger partial charge in [0.1, 0.15) is 6.61 Å². The van der Waals surface area contributed by atoms with Crippen molar-refractivity contribution in [3.63, 3.8) is 0 Å². The van der Waals surface area contributed by atoms with Crippen LogP contribution in [0.4, 0.5) is 0 Å². The Morgan fingerprint density at radius 3 is 2.43 bits per heavy atom. The third-order valence-electron chi connectivity index (χ3n) is 3.45. The molecule has 4 heteroatoms. The van der Waals surface area contributed by atoms with E-state index in [0.717, 1.165) is 16.7 Å². The lowest BCUT2D eigenvalue weighted by Gasteiger charge is -2.07. The molecular weight excluding hydrogens is 307 g/mol. The van der Waals surface area contributed by atoms with Gasteiger partial charge in [-0.3, -0.25) is 0 Å². The number of halogens is 2. The normalized spacial score (nSPS) is 14.5. The second-order valence-corrected chi connectivity index (χ2v) is 5.76. The van der Waals surface area contributed by atoms with Gasteiger partial charge in [-0.25, -0.2) is 4.79 Å². The molecule has 0 aromatic heterocycles. The molecular formula is C17H12Cl2O2. The van der Waals surface area contributed by atoms with Gasteiger partial charge in [-0.15, -0.1) is 0 Å². The van der Waals surface area contributed by atoms with Crippen molar-refractivity contribution in [3.8, 4) is 0 Å². The highest BCUT2D eigenvalue weighted by Crippen LogP contribution is 2.36. The molecule has 1 heterocycles. The number of aryl methyl sites for hydroxylation is 1. The predicted molar refractivity (Wildman–Crippen MR) is 85.4 cm³/mol. The maximum atomic E-state index is 12.1. The highest BCUT2D eigenvalue weighted by molar-refractivity contribution is 6.38. The molecule has 0 atom stereocenters. The van der Waals surface area contributed by atoms with Crippen LogP contribution in [0.25, 0.3) is 11.1 Å². The Balaban J connectivity index is 2.17. The fourth-order valence-corrected chi connectivity index (χ4v) is 2.86. The molecule has 0 bridgehead atoms. The van der Waals surface area contributed by atoms with E-state index in [9.17, 15) is 4.79 Å². The Bertz CT molecular complexity index is 746. The summed E-state index contributed by atoms with van der Waals surface area (Å²) in [6.07, 6.45) is 0. The van der Waals surface area contributed by atoms with E-state index < -0.39 is 0 Å². The summed E-state index contributed by atoms with van der Waals surface area (Å²) in [4.78, 5) is 12.1. The topological polar surface area (TPSA) is 26.3 Å². The minimum atomic E-state index is -0.352. The van der Waals surface area contributed by atoms with Crippen LogP contribution in [0.3, 0.4) is 0 Å². The van der Waals surface area contributed by atoms with Crippen molar-refractivity contribution in [2.45, 2.75) is 6.92 Å². The summed E-state index contributed by atoms with van der Waals surface area (Å²) in [5.41, 5.74) is 4.15. The Hall–Kier alpha value is -1.77. The van der Waals surface area contributed by atoms with E-state index in [0.29, 0.717) is 21.2 Å². The van der Waals surface area contributed by atoms with Crippen LogP contribution in [0.1, 0.15) is 16.7 Å². The van der Waals surface area contributed by atoms with Crippen molar-refractivity contribution in [1.82, 2.24) is 0 Å². The molecule has 0 fully saturated rings. The summed E-state index contributed by atoms with van der Waals surface area (Å²) in [7, 11) is 0. The van der Waals surface area contributed by atoms with E-state index in [4.69, 9.17) is 27.9 Å². The second-order valence-electron chi connectivity index (χ2n) is 4.92. The van der Waals surface area contributed by atoms with Crippen molar-refractivity contribution in [2.24, 2.45) is 0 Å². The monoisotopic (exact) mass is 318 g/mol. The van der Waals surface area contributed by atoms with Crippen molar-refractivity contribution < 1.29 is 9.53 Å². The Kier molecular flexibility index (Phi) is 3.75. The van der Waals surface area contributed by atoms with E-state index in [-0.39, 0.29) is 12.6 Å². The molecule has 0 saturated heterocycles. The van der Waals surface area contributed by atoms with Crippen LogP contribution in [-0.2, 0) is 9.53 Å². The molecule has 0 unspecified atom stereocenters. The van der Waals surface area contributed by atoms with Gasteiger partial charge < -0.3 is 4.74 Å². The third-order valence-corrected chi connectivity index (χ3v) is 4.00. The average molecular weight is 319 g/mol. The molecule has 3 rings (SSSR count). The smallest absolute Gasteiger partial charge is 0.339 e. The third kappa shape index (κ3) is 2.69. The molecule has 21 heavy (non-hydrogen) atoms. The Labute approximate surface area is 132 Å². The van der Waals surface area contributed by atoms with Gasteiger partial charge in [0.2, 0.25) is 0 Å². The first-order valence-electron chi connectivity index (χ1n) is 6.49. The lowest BCUT2D eigenvalue weighted by molar-refractivity contribution is -0.133. The summed E-state index contributed by atoms with van der Waals surface area (Å²) < 4.78 is 5.20. The second kappa shape index (κ2) is 5.55. The molecule has 0 N–H and O–H groups in total. The van der Waals surface area contributed by atoms with Crippen molar-refractivity contribution in [2.75, 3.05) is 6.61 Å². The number of hydrogen-bond acceptors (Lipinski definition) is 2. The van der Waals surface area contributed by atoms with Gasteiger partial charge in [-0.2, -0.15) is 0 Å². The standard InChI is InChI=1S/C17H12Cl2O2/c1-10-2-4-11(5-3-10)14-9-21-17(20)16(14)13-7-6-12(18)8-15(13)19/h2-8H,9H2,1H3. The molecule has 2 aromatic carbocycles. The molecule has 0 amide bonds. The lowest BCUT2D eigenvalue weighted by Crippen LogP contribution is -1.99. The predicted octanol–water partition coefficient (Wildman–Crippen LogP) is 4.77. The number of benzene rings is 2. The zero-order valence-electron chi connectivity index (χ0n) is 11.3. The zero-order valence-corrected chi connectivity index (χ0v) is 12.8. The van der Waals surface area contributed by atoms with Crippen LogP contribution in [-0.4, -0.2) is 12.6 Å². The van der Waals surface area contributed by atoms with Gasteiger partial charge in [0.05, 0.1) is 10.6 Å². The summed E-state index contributed by atoms with van der Waals surface area (Å²) in [6, 6.07) is 13.1. The van der Waals surface area contributed by atoms with Crippen molar-refractivity contribution in [3.05, 3.63) is 69.2 Å². The fraction of sp³-hybridized carbons (Fsp3) is 0.118. The average Bonchev–Trinajstić information content (AvgIpc) is 2.82. The summed E-state index contributed by atoms with van der Waals surface area (Å²) in [5, 5.41) is 0.980. The van der Waals surface area contributed by atoms with Crippen LogP contribution in [0.15, 0.2) is 42.5 Å². The molecule has 0 aliphatic carbocycles. The van der Waals surface area contributed by atoms with Crippen LogP contribution in [0, 0.1) is 6.92 Å². The van der Waals surface area contributed by atoms with Gasteiger partial charge in [0.25, 0.3) is 0 Å². The first-order chi connectivity index (χ1) is 10.1. The molecule has 1 aliphatic heterocycles. The van der Waals surface area contributed by atoms with Gasteiger partial charge >= 0.3 is 5.97 Å². The van der Waals surface area contributed by atoms with Crippen molar-refractivity contribution in [1.29, 1.82) is 0 Å². The highest BCUT2D eigenvalue weighted by Gasteiger charge is 2.28. The highest BCUT2D eigenvalue weighted by atomic mass is 35.5. The number of carbonyl (C=O) groups is 1. The van der Waals surface area contributed by atoms with Crippen LogP contribution < -0.4 is 0 Å². The molecule has 0 spiro atoms. The van der Waals surface area contributed by atoms with Crippen molar-refractivity contribution >= 4 is 40.3 Å². The number of carbonyl (C=O) groups excluding carboxylic acids is 1. The number of esters is 1. The minimum absolute atomic E-state index is 0.260. The number of hydrogen-bond donors (Lipinski definition) is 0. The minimum Gasteiger partial charge on any atom is -0.457 e. The number of cyclic esters (lactones) is 1. The van der Waals surface area contributed by atoms with E-state index in [1.807, 2.05) is 31.2 Å². The SMILES string of the molecule is Cc1ccc(C2=C(c3ccc(Cl)cc3Cl)C(=O)OC2)cc1. The van der Waals surface area contributed by atoms with Gasteiger partial charge in [-0.1, -0.05) is 59.1 Å². The van der Waals surface area contributed by atoms with Gasteiger partial charge in [-0.05, 0) is 24.6 Å². The van der Waals surface area contributed by atoms with E-state index in [1.54, 1.807) is 18.2 Å². The lowest BCUT2D eigenvalue weighted by atomic mass is 9.96. The molecule has 106 valence electrons. The molecule has 1 aliphatic rings. The van der Waals surface area contributed by atoms with Gasteiger partial charge in [0.15, 0.2) is 0 Å². The fourth-order valence-electron chi connectivity index (χ4n) is 2.35. The number of rotatable bonds is 2. The van der Waals surface area contributed by atoms with Crippen LogP contribution in [0.5, 0.6) is 0 Å². The summed E-state index contributed by atoms with van der Waals surface area (Å²) in [5.74, 6) is -0.352. The maximum absolute atomic E-state index is 12.1. The van der Waals surface area contributed by atoms with E-state index in [2.05, 4.69) is 0 Å². The maximum Gasteiger partial charge on any atom is 0.339 e. The molecule has 2 aromatic rings. The summed E-state index contributed by atoms with van der Waals surface area (Å²) in [6.45, 7) is 2.28. The van der Waals surface area contributed by atoms with E-state index in [1.165, 1.54) is 0 Å². The van der Waals surface area contributed by atoms with Crippen LogP contribution in [0.2, 0.25) is 10.0 Å². The molecule has 0 saturated carbocycles. The number of ether oxygens (including phenoxy) is 1. The molecule has 0 radical (unpaired) electrons. The quantitative estimate of drug-likeness (QED) is 0.745.